The van der Waals surface area contributed by atoms with Crippen molar-refractivity contribution >= 4 is 0 Å². The van der Waals surface area contributed by atoms with Crippen LogP contribution in [0.15, 0.2) is 23.8 Å². The van der Waals surface area contributed by atoms with Crippen LogP contribution in [0.25, 0.3) is 0 Å². The fraction of sp³-hybridized carbons (Fsp3) is 0.789. The molecular formula is C19H29F. The van der Waals surface area contributed by atoms with Crippen molar-refractivity contribution < 1.29 is 4.39 Å². The molecule has 3 aliphatic carbocycles. The molecule has 0 radical (unpaired) electrons. The van der Waals surface area contributed by atoms with Gasteiger partial charge in [-0.15, -0.1) is 0 Å². The van der Waals surface area contributed by atoms with Crippen LogP contribution in [-0.2, 0) is 0 Å². The van der Waals surface area contributed by atoms with Gasteiger partial charge in [-0.1, -0.05) is 38.0 Å². The Morgan fingerprint density at radius 3 is 2.05 bits per heavy atom. The predicted octanol–water partition coefficient (Wildman–Crippen LogP) is 5.84. The molecular weight excluding hydrogens is 247 g/mol. The summed E-state index contributed by atoms with van der Waals surface area (Å²) in [6.45, 7) is 2.41. The van der Waals surface area contributed by atoms with Crippen LogP contribution in [0.3, 0.4) is 0 Å². The van der Waals surface area contributed by atoms with E-state index in [1.54, 1.807) is 6.08 Å². The maximum Gasteiger partial charge on any atom is 0.122 e. The monoisotopic (exact) mass is 276 g/mol. The van der Waals surface area contributed by atoms with Crippen LogP contribution in [0.5, 0.6) is 0 Å². The zero-order valence-electron chi connectivity index (χ0n) is 12.9. The average molecular weight is 276 g/mol. The lowest BCUT2D eigenvalue weighted by Crippen LogP contribution is -2.26. The van der Waals surface area contributed by atoms with Crippen molar-refractivity contribution in [3.63, 3.8) is 0 Å². The molecule has 0 nitrogen and oxygen atoms in total. The molecule has 20 heavy (non-hydrogen) atoms. The van der Waals surface area contributed by atoms with Gasteiger partial charge in [0.05, 0.1) is 0 Å². The smallest absolute Gasteiger partial charge is 0.122 e. The first-order chi connectivity index (χ1) is 9.72. The average Bonchev–Trinajstić information content (AvgIpc) is 2.49. The molecule has 0 aromatic carbocycles. The summed E-state index contributed by atoms with van der Waals surface area (Å²) in [5.74, 6) is 3.69. The van der Waals surface area contributed by atoms with Crippen molar-refractivity contribution in [3.05, 3.63) is 23.8 Å². The third-order valence-corrected chi connectivity index (χ3v) is 6.05. The highest BCUT2D eigenvalue weighted by Gasteiger charge is 2.30. The van der Waals surface area contributed by atoms with Gasteiger partial charge in [-0.05, 0) is 67.8 Å². The second-order valence-corrected chi connectivity index (χ2v) is 7.45. The van der Waals surface area contributed by atoms with E-state index in [0.717, 1.165) is 23.7 Å². The Kier molecular flexibility index (Phi) is 4.63. The van der Waals surface area contributed by atoms with E-state index >= 15 is 0 Å². The van der Waals surface area contributed by atoms with Gasteiger partial charge in [0.15, 0.2) is 0 Å². The van der Waals surface area contributed by atoms with Gasteiger partial charge in [0.25, 0.3) is 0 Å². The van der Waals surface area contributed by atoms with Crippen molar-refractivity contribution in [2.45, 2.75) is 70.9 Å². The number of hydrogen-bond donors (Lipinski definition) is 0. The standard InChI is InChI=1S/C19H29F/c1-14-2-4-15(5-3-14)16-6-8-17(9-7-16)18-10-12-19(20)13-11-18/h10-12,14-17,19H,2-9,13H2,1H3. The van der Waals surface area contributed by atoms with E-state index in [4.69, 9.17) is 0 Å². The zero-order chi connectivity index (χ0) is 13.9. The van der Waals surface area contributed by atoms with Crippen LogP contribution in [-0.4, -0.2) is 6.17 Å². The Balaban J connectivity index is 1.49. The van der Waals surface area contributed by atoms with Crippen LogP contribution < -0.4 is 0 Å². The number of allylic oxidation sites excluding steroid dienone is 4. The lowest BCUT2D eigenvalue weighted by Gasteiger charge is -2.37. The maximum absolute atomic E-state index is 13.1. The van der Waals surface area contributed by atoms with Gasteiger partial charge in [0.2, 0.25) is 0 Å². The molecule has 1 heteroatoms. The SMILES string of the molecule is CC1CCC(C2CCC(C3=CCC(F)C=C3)CC2)CC1. The van der Waals surface area contributed by atoms with Crippen LogP contribution in [0.1, 0.15) is 64.7 Å². The number of alkyl halides is 1. The lowest BCUT2D eigenvalue weighted by molar-refractivity contribution is 0.158. The first-order valence-electron chi connectivity index (χ1n) is 8.74. The van der Waals surface area contributed by atoms with Crippen molar-refractivity contribution in [3.8, 4) is 0 Å². The largest absolute Gasteiger partial charge is 0.243 e. The second kappa shape index (κ2) is 6.45. The molecule has 0 N–H and O–H groups in total. The molecule has 2 saturated carbocycles. The van der Waals surface area contributed by atoms with Crippen molar-refractivity contribution in [2.24, 2.45) is 23.7 Å². The Morgan fingerprint density at radius 2 is 1.50 bits per heavy atom. The van der Waals surface area contributed by atoms with Crippen molar-refractivity contribution in [2.75, 3.05) is 0 Å². The number of halogens is 1. The van der Waals surface area contributed by atoms with Crippen LogP contribution in [0, 0.1) is 23.7 Å². The minimum Gasteiger partial charge on any atom is -0.243 e. The van der Waals surface area contributed by atoms with E-state index in [9.17, 15) is 4.39 Å². The minimum absolute atomic E-state index is 0.603. The van der Waals surface area contributed by atoms with Gasteiger partial charge >= 0.3 is 0 Å². The summed E-state index contributed by atoms with van der Waals surface area (Å²) in [4.78, 5) is 0. The highest BCUT2D eigenvalue weighted by Crippen LogP contribution is 2.43. The summed E-state index contributed by atoms with van der Waals surface area (Å²) in [5, 5.41) is 0. The molecule has 2 fully saturated rings. The Hall–Kier alpha value is -0.590. The Labute approximate surface area is 123 Å². The molecule has 1 unspecified atom stereocenters. The molecule has 0 bridgehead atoms. The summed E-state index contributed by atoms with van der Waals surface area (Å²) in [6, 6.07) is 0. The highest BCUT2D eigenvalue weighted by atomic mass is 19.1. The highest BCUT2D eigenvalue weighted by molar-refractivity contribution is 5.27. The second-order valence-electron chi connectivity index (χ2n) is 7.45. The first kappa shape index (κ1) is 14.4. The van der Waals surface area contributed by atoms with Gasteiger partial charge in [-0.25, -0.2) is 4.39 Å². The quantitative estimate of drug-likeness (QED) is 0.594. The molecule has 0 aromatic rings. The van der Waals surface area contributed by atoms with Crippen LogP contribution >= 0.6 is 0 Å². The Bertz CT molecular complexity index is 365. The van der Waals surface area contributed by atoms with Crippen LogP contribution in [0.4, 0.5) is 4.39 Å². The molecule has 0 saturated heterocycles. The zero-order valence-corrected chi connectivity index (χ0v) is 12.9. The summed E-state index contributed by atoms with van der Waals surface area (Å²) in [6.07, 6.45) is 17.2. The van der Waals surface area contributed by atoms with Gasteiger partial charge in [0, 0.05) is 6.42 Å². The van der Waals surface area contributed by atoms with Crippen molar-refractivity contribution in [1.82, 2.24) is 0 Å². The summed E-state index contributed by atoms with van der Waals surface area (Å²) in [5.41, 5.74) is 1.43. The fourth-order valence-corrected chi connectivity index (χ4v) is 4.59. The predicted molar refractivity (Wildman–Crippen MR) is 83.3 cm³/mol. The van der Waals surface area contributed by atoms with E-state index in [1.807, 2.05) is 0 Å². The topological polar surface area (TPSA) is 0 Å². The van der Waals surface area contributed by atoms with Gasteiger partial charge < -0.3 is 0 Å². The summed E-state index contributed by atoms with van der Waals surface area (Å²) < 4.78 is 13.1. The van der Waals surface area contributed by atoms with E-state index in [-0.39, 0.29) is 0 Å². The normalized spacial score (nSPS) is 42.3. The first-order valence-corrected chi connectivity index (χ1v) is 8.74. The number of hydrogen-bond acceptors (Lipinski definition) is 0. The molecule has 0 aromatic heterocycles. The third-order valence-electron chi connectivity index (χ3n) is 6.05. The molecule has 3 aliphatic rings. The van der Waals surface area contributed by atoms with E-state index in [2.05, 4.69) is 19.1 Å². The van der Waals surface area contributed by atoms with Crippen LogP contribution in [0.2, 0.25) is 0 Å². The summed E-state index contributed by atoms with van der Waals surface area (Å²) >= 11 is 0. The summed E-state index contributed by atoms with van der Waals surface area (Å²) in [7, 11) is 0. The lowest BCUT2D eigenvalue weighted by atomic mass is 9.68. The molecule has 1 atom stereocenters. The molecule has 0 spiro atoms. The van der Waals surface area contributed by atoms with Gasteiger partial charge in [0.1, 0.15) is 6.17 Å². The Morgan fingerprint density at radius 1 is 0.900 bits per heavy atom. The van der Waals surface area contributed by atoms with E-state index in [1.165, 1.54) is 56.9 Å². The molecule has 0 heterocycles. The van der Waals surface area contributed by atoms with Gasteiger partial charge in [-0.2, -0.15) is 0 Å². The van der Waals surface area contributed by atoms with E-state index in [0.29, 0.717) is 6.42 Å². The minimum atomic E-state index is -0.737. The molecule has 0 amide bonds. The molecule has 3 rings (SSSR count). The van der Waals surface area contributed by atoms with E-state index < -0.39 is 6.17 Å². The molecule has 112 valence electrons. The maximum atomic E-state index is 13.1. The van der Waals surface area contributed by atoms with Crippen molar-refractivity contribution in [1.29, 1.82) is 0 Å². The fourth-order valence-electron chi connectivity index (χ4n) is 4.59. The van der Waals surface area contributed by atoms with Gasteiger partial charge in [-0.3, -0.25) is 0 Å². The number of rotatable bonds is 2. The third kappa shape index (κ3) is 3.35. The molecule has 0 aliphatic heterocycles.